The van der Waals surface area contributed by atoms with Gasteiger partial charge in [-0.05, 0) is 18.4 Å². The van der Waals surface area contributed by atoms with Gasteiger partial charge in [0.25, 0.3) is 5.56 Å². The van der Waals surface area contributed by atoms with Crippen molar-refractivity contribution in [2.75, 3.05) is 6.26 Å². The predicted molar refractivity (Wildman–Crippen MR) is 64.5 cm³/mol. The van der Waals surface area contributed by atoms with Gasteiger partial charge in [0, 0.05) is 31.1 Å². The van der Waals surface area contributed by atoms with Crippen LogP contribution >= 0.6 is 11.8 Å². The Labute approximate surface area is 97.4 Å². The molecule has 2 rings (SSSR count). The number of nitrogens with zero attached hydrogens (tertiary/aromatic N) is 3. The standard InChI is InChI=1S/C11H11N3OS/c1-14-10(15)6-9(13-11(14)16-2)8-4-3-5-12-7-8/h3-7H,1-2H3. The van der Waals surface area contributed by atoms with Gasteiger partial charge in [-0.15, -0.1) is 0 Å². The third-order valence-electron chi connectivity index (χ3n) is 2.23. The molecule has 2 heterocycles. The number of hydrogen-bond donors (Lipinski definition) is 0. The molecule has 0 aliphatic heterocycles. The first-order chi connectivity index (χ1) is 7.72. The molecular formula is C11H11N3OS. The highest BCUT2D eigenvalue weighted by Gasteiger charge is 2.06. The molecule has 0 unspecified atom stereocenters. The molecule has 2 aromatic rings. The number of hydrogen-bond acceptors (Lipinski definition) is 4. The van der Waals surface area contributed by atoms with Gasteiger partial charge < -0.3 is 0 Å². The lowest BCUT2D eigenvalue weighted by Crippen LogP contribution is -2.19. The van der Waals surface area contributed by atoms with Crippen LogP contribution in [0.2, 0.25) is 0 Å². The van der Waals surface area contributed by atoms with E-state index in [4.69, 9.17) is 0 Å². The topological polar surface area (TPSA) is 47.8 Å². The Morgan fingerprint density at radius 2 is 2.25 bits per heavy atom. The van der Waals surface area contributed by atoms with E-state index in [9.17, 15) is 4.79 Å². The highest BCUT2D eigenvalue weighted by molar-refractivity contribution is 7.98. The average Bonchev–Trinajstić information content (AvgIpc) is 2.33. The van der Waals surface area contributed by atoms with Crippen LogP contribution in [0, 0.1) is 0 Å². The van der Waals surface area contributed by atoms with Gasteiger partial charge in [-0.1, -0.05) is 11.8 Å². The van der Waals surface area contributed by atoms with Crippen LogP contribution in [0.15, 0.2) is 40.5 Å². The molecule has 0 aromatic carbocycles. The zero-order valence-electron chi connectivity index (χ0n) is 9.04. The van der Waals surface area contributed by atoms with E-state index in [-0.39, 0.29) is 5.56 Å². The van der Waals surface area contributed by atoms with E-state index < -0.39 is 0 Å². The number of aromatic nitrogens is 3. The molecule has 0 radical (unpaired) electrons. The maximum absolute atomic E-state index is 11.7. The number of thioether (sulfide) groups is 1. The Balaban J connectivity index is 2.60. The molecule has 0 atom stereocenters. The molecule has 0 fully saturated rings. The van der Waals surface area contributed by atoms with Gasteiger partial charge >= 0.3 is 0 Å². The molecule has 0 amide bonds. The molecule has 2 aromatic heterocycles. The Bertz CT molecular complexity index is 551. The minimum atomic E-state index is -0.0572. The summed E-state index contributed by atoms with van der Waals surface area (Å²) in [7, 11) is 1.72. The van der Waals surface area contributed by atoms with Gasteiger partial charge in [-0.2, -0.15) is 0 Å². The second-order valence-corrected chi connectivity index (χ2v) is 4.04. The molecule has 5 heteroatoms. The number of pyridine rings is 1. The molecule has 0 aliphatic rings. The lowest BCUT2D eigenvalue weighted by atomic mass is 10.2. The van der Waals surface area contributed by atoms with E-state index in [1.54, 1.807) is 19.4 Å². The molecule has 0 aliphatic carbocycles. The van der Waals surface area contributed by atoms with Gasteiger partial charge in [0.05, 0.1) is 5.69 Å². The van der Waals surface area contributed by atoms with Crippen molar-refractivity contribution in [1.29, 1.82) is 0 Å². The van der Waals surface area contributed by atoms with Crippen molar-refractivity contribution in [2.45, 2.75) is 5.16 Å². The van der Waals surface area contributed by atoms with E-state index in [2.05, 4.69) is 9.97 Å². The molecule has 4 nitrogen and oxygen atoms in total. The molecule has 82 valence electrons. The van der Waals surface area contributed by atoms with E-state index in [0.717, 1.165) is 5.56 Å². The van der Waals surface area contributed by atoms with Gasteiger partial charge in [-0.3, -0.25) is 14.3 Å². The second-order valence-electron chi connectivity index (χ2n) is 3.27. The largest absolute Gasteiger partial charge is 0.291 e. The minimum Gasteiger partial charge on any atom is -0.291 e. The molecule has 0 N–H and O–H groups in total. The monoisotopic (exact) mass is 233 g/mol. The Hall–Kier alpha value is -1.62. The Morgan fingerprint density at radius 1 is 1.44 bits per heavy atom. The van der Waals surface area contributed by atoms with Crippen molar-refractivity contribution in [1.82, 2.24) is 14.5 Å². The lowest BCUT2D eigenvalue weighted by Gasteiger charge is -2.06. The van der Waals surface area contributed by atoms with Crippen LogP contribution in [0.3, 0.4) is 0 Å². The van der Waals surface area contributed by atoms with E-state index in [1.807, 2.05) is 18.4 Å². The van der Waals surface area contributed by atoms with E-state index >= 15 is 0 Å². The van der Waals surface area contributed by atoms with Crippen LogP contribution in [0.25, 0.3) is 11.3 Å². The minimum absolute atomic E-state index is 0.0572. The summed E-state index contributed by atoms with van der Waals surface area (Å²) >= 11 is 1.45. The quantitative estimate of drug-likeness (QED) is 0.583. The van der Waals surface area contributed by atoms with Gasteiger partial charge in [0.2, 0.25) is 0 Å². The van der Waals surface area contributed by atoms with E-state index in [0.29, 0.717) is 10.9 Å². The fourth-order valence-corrected chi connectivity index (χ4v) is 1.92. The Kier molecular flexibility index (Phi) is 3.05. The summed E-state index contributed by atoms with van der Waals surface area (Å²) in [6.07, 6.45) is 5.29. The van der Waals surface area contributed by atoms with Gasteiger partial charge in [0.1, 0.15) is 0 Å². The van der Waals surface area contributed by atoms with Gasteiger partial charge in [0.15, 0.2) is 5.16 Å². The maximum Gasteiger partial charge on any atom is 0.254 e. The molecule has 16 heavy (non-hydrogen) atoms. The van der Waals surface area contributed by atoms with Gasteiger partial charge in [-0.25, -0.2) is 4.98 Å². The van der Waals surface area contributed by atoms with Crippen molar-refractivity contribution < 1.29 is 0 Å². The third-order valence-corrected chi connectivity index (χ3v) is 2.96. The molecule has 0 saturated carbocycles. The van der Waals surface area contributed by atoms with Crippen molar-refractivity contribution in [3.63, 3.8) is 0 Å². The van der Waals surface area contributed by atoms with Crippen molar-refractivity contribution in [3.8, 4) is 11.3 Å². The molecule has 0 spiro atoms. The normalized spacial score (nSPS) is 10.4. The number of rotatable bonds is 2. The first-order valence-corrected chi connectivity index (χ1v) is 5.97. The van der Waals surface area contributed by atoms with Crippen LogP contribution in [-0.2, 0) is 7.05 Å². The molecule has 0 bridgehead atoms. The summed E-state index contributed by atoms with van der Waals surface area (Å²) in [5.41, 5.74) is 1.47. The highest BCUT2D eigenvalue weighted by Crippen LogP contribution is 2.16. The van der Waals surface area contributed by atoms with E-state index in [1.165, 1.54) is 22.4 Å². The average molecular weight is 233 g/mol. The third kappa shape index (κ3) is 1.99. The summed E-state index contributed by atoms with van der Waals surface area (Å²) in [4.78, 5) is 20.1. The van der Waals surface area contributed by atoms with Crippen LogP contribution in [0.4, 0.5) is 0 Å². The highest BCUT2D eigenvalue weighted by atomic mass is 32.2. The summed E-state index contributed by atoms with van der Waals surface area (Å²) < 4.78 is 1.53. The zero-order chi connectivity index (χ0) is 11.5. The SMILES string of the molecule is CSc1nc(-c2cccnc2)cc(=O)n1C. The van der Waals surface area contributed by atoms with Crippen molar-refractivity contribution in [2.24, 2.45) is 7.05 Å². The summed E-state index contributed by atoms with van der Waals surface area (Å²) in [5.74, 6) is 0. The fraction of sp³-hybridized carbons (Fsp3) is 0.182. The van der Waals surface area contributed by atoms with Crippen molar-refractivity contribution in [3.05, 3.63) is 40.9 Å². The Morgan fingerprint density at radius 3 is 2.88 bits per heavy atom. The fourth-order valence-electron chi connectivity index (χ4n) is 1.36. The summed E-state index contributed by atoms with van der Waals surface area (Å²) in [6, 6.07) is 5.24. The lowest BCUT2D eigenvalue weighted by molar-refractivity contribution is 0.712. The smallest absolute Gasteiger partial charge is 0.254 e. The maximum atomic E-state index is 11.7. The van der Waals surface area contributed by atoms with Crippen LogP contribution in [-0.4, -0.2) is 20.8 Å². The second kappa shape index (κ2) is 4.49. The van der Waals surface area contributed by atoms with Crippen LogP contribution in [0.1, 0.15) is 0 Å². The first kappa shape index (κ1) is 10.9. The molecule has 0 saturated heterocycles. The zero-order valence-corrected chi connectivity index (χ0v) is 9.86. The first-order valence-electron chi connectivity index (χ1n) is 4.75. The predicted octanol–water partition coefficient (Wildman–Crippen LogP) is 1.56. The van der Waals surface area contributed by atoms with Crippen LogP contribution in [0.5, 0.6) is 0 Å². The summed E-state index contributed by atoms with van der Waals surface area (Å²) in [6.45, 7) is 0. The summed E-state index contributed by atoms with van der Waals surface area (Å²) in [5, 5.41) is 0.700. The molecular weight excluding hydrogens is 222 g/mol. The van der Waals surface area contributed by atoms with Crippen molar-refractivity contribution >= 4 is 11.8 Å². The van der Waals surface area contributed by atoms with Crippen LogP contribution < -0.4 is 5.56 Å².